The molecule has 0 rings (SSSR count). The normalized spacial score (nSPS) is 10.7. The van der Waals surface area contributed by atoms with Gasteiger partial charge in [0.2, 0.25) is 5.91 Å². The Morgan fingerprint density at radius 2 is 1.72 bits per heavy atom. The first-order valence-electron chi connectivity index (χ1n) is 5.94. The Balaban J connectivity index is 0. The summed E-state index contributed by atoms with van der Waals surface area (Å²) in [6, 6.07) is 0. The fourth-order valence-electron chi connectivity index (χ4n) is 1.63. The van der Waals surface area contributed by atoms with Gasteiger partial charge in [0.15, 0.2) is 0 Å². The van der Waals surface area contributed by atoms with Crippen molar-refractivity contribution in [1.82, 2.24) is 5.32 Å². The molecule has 0 saturated carbocycles. The molecule has 0 spiro atoms. The van der Waals surface area contributed by atoms with Crippen molar-refractivity contribution in [3.63, 3.8) is 0 Å². The number of amides is 1. The van der Waals surface area contributed by atoms with Gasteiger partial charge in [-0.1, -0.05) is 6.58 Å². The number of aliphatic hydroxyl groups is 2. The molecule has 6 heteroatoms. The number of quaternary nitrogens is 1. The van der Waals surface area contributed by atoms with Crippen molar-refractivity contribution in [2.75, 3.05) is 46.4 Å². The predicted octanol–water partition coefficient (Wildman–Crippen LogP) is -3.50. The average Bonchev–Trinajstić information content (AvgIpc) is 2.24. The first-order valence-corrected chi connectivity index (χ1v) is 5.94. The fourth-order valence-corrected chi connectivity index (χ4v) is 1.63. The molecule has 0 saturated heterocycles. The van der Waals surface area contributed by atoms with Crippen LogP contribution in [-0.4, -0.2) is 67.0 Å². The molecule has 0 aliphatic heterocycles. The quantitative estimate of drug-likeness (QED) is 0.233. The number of aliphatic hydroxyl groups excluding tert-OH is 2. The van der Waals surface area contributed by atoms with Crippen LogP contribution in [0.3, 0.4) is 0 Å². The summed E-state index contributed by atoms with van der Waals surface area (Å²) in [5.41, 5.74) is 0.507. The molecule has 0 aliphatic rings. The zero-order valence-corrected chi connectivity index (χ0v) is 12.0. The predicted molar refractivity (Wildman–Crippen MR) is 67.4 cm³/mol. The molecule has 0 aromatic rings. The zero-order valence-electron chi connectivity index (χ0n) is 11.3. The van der Waals surface area contributed by atoms with Crippen LogP contribution in [0.2, 0.25) is 0 Å². The molecule has 5 nitrogen and oxygen atoms in total. The number of carbonyl (C=O) groups excluding carboxylic acids is 1. The molecule has 0 aromatic heterocycles. The lowest BCUT2D eigenvalue weighted by Gasteiger charge is -2.33. The van der Waals surface area contributed by atoms with Crippen molar-refractivity contribution in [1.29, 1.82) is 0 Å². The highest BCUT2D eigenvalue weighted by Crippen LogP contribution is 2.02. The van der Waals surface area contributed by atoms with Crippen molar-refractivity contribution in [3.05, 3.63) is 12.2 Å². The highest BCUT2D eigenvalue weighted by molar-refractivity contribution is 5.91. The summed E-state index contributed by atoms with van der Waals surface area (Å²) in [5.74, 6) is -0.122. The lowest BCUT2D eigenvalue weighted by Crippen LogP contribution is -3.00. The number of hydrogen-bond donors (Lipinski definition) is 3. The second-order valence-corrected chi connectivity index (χ2v) is 4.63. The number of nitrogens with one attached hydrogen (secondary N) is 1. The minimum atomic E-state index is -0.122. The maximum Gasteiger partial charge on any atom is 0.246 e. The van der Waals surface area contributed by atoms with Gasteiger partial charge in [0, 0.05) is 18.5 Å². The topological polar surface area (TPSA) is 69.6 Å². The SMILES string of the molecule is C=C(C)C(=O)NCCC[N+](C)(CCO)CCO.[Cl-]. The number of hydrogen-bond acceptors (Lipinski definition) is 3. The molecule has 0 aromatic carbocycles. The third kappa shape index (κ3) is 8.47. The molecule has 0 unspecified atom stereocenters. The Hall–Kier alpha value is -0.620. The number of nitrogens with zero attached hydrogens (tertiary/aromatic N) is 1. The third-order valence-electron chi connectivity index (χ3n) is 2.83. The van der Waals surface area contributed by atoms with E-state index in [9.17, 15) is 4.79 Å². The van der Waals surface area contributed by atoms with E-state index >= 15 is 0 Å². The average molecular weight is 281 g/mol. The van der Waals surface area contributed by atoms with E-state index < -0.39 is 0 Å². The first kappa shape index (κ1) is 19.7. The molecule has 108 valence electrons. The van der Waals surface area contributed by atoms with E-state index in [-0.39, 0.29) is 31.5 Å². The van der Waals surface area contributed by atoms with Crippen molar-refractivity contribution in [2.45, 2.75) is 13.3 Å². The lowest BCUT2D eigenvalue weighted by atomic mass is 10.3. The molecule has 3 N–H and O–H groups in total. The molecule has 0 bridgehead atoms. The molecular formula is C12H25ClN2O3. The molecule has 18 heavy (non-hydrogen) atoms. The molecule has 1 amide bonds. The van der Waals surface area contributed by atoms with Crippen LogP contribution in [-0.2, 0) is 4.79 Å². The van der Waals surface area contributed by atoms with Crippen LogP contribution in [0.15, 0.2) is 12.2 Å². The highest BCUT2D eigenvalue weighted by Gasteiger charge is 2.19. The van der Waals surface area contributed by atoms with Gasteiger partial charge in [-0.3, -0.25) is 4.79 Å². The lowest BCUT2D eigenvalue weighted by molar-refractivity contribution is -0.910. The minimum Gasteiger partial charge on any atom is -1.00 e. The summed E-state index contributed by atoms with van der Waals surface area (Å²) in [4.78, 5) is 11.2. The van der Waals surface area contributed by atoms with Crippen LogP contribution in [0.25, 0.3) is 0 Å². The molecule has 0 fully saturated rings. The summed E-state index contributed by atoms with van der Waals surface area (Å²) in [7, 11) is 1.99. The molecule has 0 aliphatic carbocycles. The summed E-state index contributed by atoms with van der Waals surface area (Å²) >= 11 is 0. The maximum absolute atomic E-state index is 11.2. The van der Waals surface area contributed by atoms with Crippen LogP contribution in [0, 0.1) is 0 Å². The Morgan fingerprint density at radius 1 is 1.22 bits per heavy atom. The van der Waals surface area contributed by atoms with Crippen LogP contribution in [0.5, 0.6) is 0 Å². The Labute approximate surface area is 115 Å². The molecule has 0 atom stereocenters. The summed E-state index contributed by atoms with van der Waals surface area (Å²) in [6.07, 6.45) is 0.815. The van der Waals surface area contributed by atoms with Gasteiger partial charge in [-0.25, -0.2) is 0 Å². The monoisotopic (exact) mass is 280 g/mol. The number of likely N-dealkylation sites (N-methyl/N-ethyl adjacent to an activating group) is 1. The van der Waals surface area contributed by atoms with Gasteiger partial charge in [-0.05, 0) is 6.92 Å². The zero-order chi connectivity index (χ0) is 13.3. The Kier molecular flexibility index (Phi) is 11.3. The summed E-state index contributed by atoms with van der Waals surface area (Å²) in [5, 5.41) is 20.7. The van der Waals surface area contributed by atoms with Crippen molar-refractivity contribution >= 4 is 5.91 Å². The van der Waals surface area contributed by atoms with Crippen LogP contribution >= 0.6 is 0 Å². The second-order valence-electron chi connectivity index (χ2n) is 4.63. The van der Waals surface area contributed by atoms with Crippen molar-refractivity contribution < 1.29 is 31.9 Å². The van der Waals surface area contributed by atoms with E-state index in [0.29, 0.717) is 29.7 Å². The smallest absolute Gasteiger partial charge is 0.246 e. The Morgan fingerprint density at radius 3 is 2.11 bits per heavy atom. The van der Waals surface area contributed by atoms with E-state index in [1.807, 2.05) is 7.05 Å². The van der Waals surface area contributed by atoms with Gasteiger partial charge in [0.1, 0.15) is 13.1 Å². The largest absolute Gasteiger partial charge is 1.00 e. The second kappa shape index (κ2) is 10.3. The molecular weight excluding hydrogens is 256 g/mol. The van der Waals surface area contributed by atoms with E-state index in [2.05, 4.69) is 11.9 Å². The summed E-state index contributed by atoms with van der Waals surface area (Å²) in [6.45, 7) is 8.10. The first-order chi connectivity index (χ1) is 7.95. The molecule has 0 heterocycles. The fraction of sp³-hybridized carbons (Fsp3) is 0.750. The number of carbonyl (C=O) groups is 1. The van der Waals surface area contributed by atoms with Gasteiger partial charge in [0.25, 0.3) is 0 Å². The number of halogens is 1. The van der Waals surface area contributed by atoms with E-state index in [1.165, 1.54) is 0 Å². The van der Waals surface area contributed by atoms with Crippen molar-refractivity contribution in [3.8, 4) is 0 Å². The van der Waals surface area contributed by atoms with Crippen LogP contribution in [0.1, 0.15) is 13.3 Å². The Bertz CT molecular complexity index is 254. The van der Waals surface area contributed by atoms with E-state index in [4.69, 9.17) is 10.2 Å². The van der Waals surface area contributed by atoms with Gasteiger partial charge < -0.3 is 32.4 Å². The van der Waals surface area contributed by atoms with Gasteiger partial charge in [-0.2, -0.15) is 0 Å². The number of rotatable bonds is 9. The van der Waals surface area contributed by atoms with E-state index in [1.54, 1.807) is 6.92 Å². The van der Waals surface area contributed by atoms with Gasteiger partial charge in [0.05, 0.1) is 26.8 Å². The molecule has 0 radical (unpaired) electrons. The highest BCUT2D eigenvalue weighted by atomic mass is 35.5. The summed E-state index contributed by atoms with van der Waals surface area (Å²) < 4.78 is 0.621. The van der Waals surface area contributed by atoms with Crippen LogP contribution < -0.4 is 17.7 Å². The van der Waals surface area contributed by atoms with Crippen LogP contribution in [0.4, 0.5) is 0 Å². The van der Waals surface area contributed by atoms with Gasteiger partial charge in [-0.15, -0.1) is 0 Å². The van der Waals surface area contributed by atoms with Gasteiger partial charge >= 0.3 is 0 Å². The maximum atomic E-state index is 11.2. The van der Waals surface area contributed by atoms with E-state index in [0.717, 1.165) is 13.0 Å². The minimum absolute atomic E-state index is 0. The van der Waals surface area contributed by atoms with Crippen molar-refractivity contribution in [2.24, 2.45) is 0 Å². The third-order valence-corrected chi connectivity index (χ3v) is 2.83. The standard InChI is InChI=1S/C12H24N2O3.ClH/c1-11(2)12(17)13-5-4-6-14(3,7-9-15)8-10-16;/h15-16H,1,4-10H2,2-3H3;1H.